The molecule has 1 aliphatic heterocycles. The lowest BCUT2D eigenvalue weighted by atomic mass is 10.3. The Balaban J connectivity index is 1.85. The number of nitrogens with zero attached hydrogens (tertiary/aromatic N) is 2. The number of carbonyl (C=O) groups is 2. The molecule has 0 bridgehead atoms. The highest BCUT2D eigenvalue weighted by atomic mass is 16.5. The van der Waals surface area contributed by atoms with E-state index in [2.05, 4.69) is 10.2 Å². The molecule has 0 aliphatic carbocycles. The highest BCUT2D eigenvalue weighted by Gasteiger charge is 2.19. The molecule has 1 fully saturated rings. The van der Waals surface area contributed by atoms with E-state index < -0.39 is 0 Å². The van der Waals surface area contributed by atoms with E-state index in [9.17, 15) is 9.59 Å². The lowest BCUT2D eigenvalue weighted by Crippen LogP contribution is -2.48. The van der Waals surface area contributed by atoms with E-state index in [4.69, 9.17) is 4.74 Å². The van der Waals surface area contributed by atoms with E-state index in [1.165, 1.54) is 6.92 Å². The molecule has 6 heteroatoms. The molecular formula is C15H21N3O3. The van der Waals surface area contributed by atoms with Crippen LogP contribution in [0.5, 0.6) is 5.75 Å². The predicted molar refractivity (Wildman–Crippen MR) is 80.3 cm³/mol. The average molecular weight is 291 g/mol. The van der Waals surface area contributed by atoms with Gasteiger partial charge in [0.1, 0.15) is 5.75 Å². The minimum Gasteiger partial charge on any atom is -0.484 e. The minimum absolute atomic E-state index is 0.00645. The number of carbonyl (C=O) groups excluding carboxylic acids is 2. The number of rotatable bonds is 4. The quantitative estimate of drug-likeness (QED) is 0.891. The summed E-state index contributed by atoms with van der Waals surface area (Å²) in [5.41, 5.74) is 0.659. The molecule has 6 nitrogen and oxygen atoms in total. The number of hydrogen-bond donors (Lipinski definition) is 1. The fraction of sp³-hybridized carbons (Fsp3) is 0.467. The first-order chi connectivity index (χ1) is 10.0. The van der Waals surface area contributed by atoms with Crippen molar-refractivity contribution in [2.24, 2.45) is 0 Å². The van der Waals surface area contributed by atoms with Crippen molar-refractivity contribution >= 4 is 17.5 Å². The van der Waals surface area contributed by atoms with E-state index in [0.717, 1.165) is 26.2 Å². The van der Waals surface area contributed by atoms with Crippen LogP contribution in [0.4, 0.5) is 5.69 Å². The van der Waals surface area contributed by atoms with Gasteiger partial charge in [-0.1, -0.05) is 6.07 Å². The summed E-state index contributed by atoms with van der Waals surface area (Å²) < 4.78 is 5.51. The number of piperazine rings is 1. The van der Waals surface area contributed by atoms with Gasteiger partial charge in [-0.2, -0.15) is 0 Å². The molecule has 0 spiro atoms. The Morgan fingerprint density at radius 2 is 1.95 bits per heavy atom. The molecule has 1 aromatic rings. The minimum atomic E-state index is -0.138. The van der Waals surface area contributed by atoms with Crippen LogP contribution in [0.2, 0.25) is 0 Å². The normalized spacial score (nSPS) is 15.6. The predicted octanol–water partition coefficient (Wildman–Crippen LogP) is 0.798. The number of nitrogens with one attached hydrogen (secondary N) is 1. The van der Waals surface area contributed by atoms with Crippen molar-refractivity contribution < 1.29 is 14.3 Å². The molecule has 1 saturated heterocycles. The van der Waals surface area contributed by atoms with Gasteiger partial charge in [-0.25, -0.2) is 0 Å². The third-order valence-electron chi connectivity index (χ3n) is 3.37. The first kappa shape index (κ1) is 15.3. The Labute approximate surface area is 124 Å². The monoisotopic (exact) mass is 291 g/mol. The Morgan fingerprint density at radius 1 is 1.24 bits per heavy atom. The van der Waals surface area contributed by atoms with E-state index in [1.54, 1.807) is 24.3 Å². The van der Waals surface area contributed by atoms with Crippen molar-refractivity contribution in [3.63, 3.8) is 0 Å². The van der Waals surface area contributed by atoms with Gasteiger partial charge in [0.15, 0.2) is 6.61 Å². The highest BCUT2D eigenvalue weighted by Crippen LogP contribution is 2.17. The third kappa shape index (κ3) is 4.75. The maximum absolute atomic E-state index is 12.1. The lowest BCUT2D eigenvalue weighted by Gasteiger charge is -2.32. The second-order valence-corrected chi connectivity index (χ2v) is 5.18. The third-order valence-corrected chi connectivity index (χ3v) is 3.37. The zero-order chi connectivity index (χ0) is 15.2. The van der Waals surface area contributed by atoms with Crippen LogP contribution in [-0.4, -0.2) is 61.4 Å². The van der Waals surface area contributed by atoms with Gasteiger partial charge in [0.25, 0.3) is 5.91 Å². The summed E-state index contributed by atoms with van der Waals surface area (Å²) in [5.74, 6) is 0.428. The second kappa shape index (κ2) is 7.08. The van der Waals surface area contributed by atoms with Crippen LogP contribution in [0.1, 0.15) is 6.92 Å². The number of anilines is 1. The molecule has 1 aromatic carbocycles. The number of likely N-dealkylation sites (N-methyl/N-ethyl adjacent to an activating group) is 1. The molecule has 1 aliphatic rings. The van der Waals surface area contributed by atoms with E-state index >= 15 is 0 Å². The van der Waals surface area contributed by atoms with Gasteiger partial charge in [0, 0.05) is 44.9 Å². The van der Waals surface area contributed by atoms with Gasteiger partial charge in [-0.15, -0.1) is 0 Å². The maximum atomic E-state index is 12.1. The van der Waals surface area contributed by atoms with Crippen LogP contribution >= 0.6 is 0 Å². The molecule has 0 saturated carbocycles. The van der Waals surface area contributed by atoms with Crippen LogP contribution < -0.4 is 10.1 Å². The zero-order valence-corrected chi connectivity index (χ0v) is 12.5. The van der Waals surface area contributed by atoms with E-state index in [1.807, 2.05) is 11.9 Å². The summed E-state index contributed by atoms with van der Waals surface area (Å²) in [6.07, 6.45) is 0. The van der Waals surface area contributed by atoms with Crippen molar-refractivity contribution in [1.82, 2.24) is 9.80 Å². The molecule has 114 valence electrons. The number of benzene rings is 1. The van der Waals surface area contributed by atoms with Gasteiger partial charge >= 0.3 is 0 Å². The number of hydrogen-bond acceptors (Lipinski definition) is 4. The second-order valence-electron chi connectivity index (χ2n) is 5.18. The van der Waals surface area contributed by atoms with Crippen molar-refractivity contribution in [2.75, 3.05) is 45.2 Å². The summed E-state index contributed by atoms with van der Waals surface area (Å²) in [4.78, 5) is 27.1. The Bertz CT molecular complexity index is 511. The lowest BCUT2D eigenvalue weighted by molar-refractivity contribution is -0.134. The standard InChI is InChI=1S/C15H21N3O3/c1-12(19)16-13-4-3-5-14(10-13)21-11-15(20)18-8-6-17(2)7-9-18/h3-5,10H,6-9,11H2,1-2H3,(H,16,19). The van der Waals surface area contributed by atoms with Crippen LogP contribution in [0, 0.1) is 0 Å². The van der Waals surface area contributed by atoms with Crippen molar-refractivity contribution in [2.45, 2.75) is 6.92 Å². The summed E-state index contributed by atoms with van der Waals surface area (Å²) in [7, 11) is 2.05. The maximum Gasteiger partial charge on any atom is 0.260 e. The molecule has 1 heterocycles. The first-order valence-corrected chi connectivity index (χ1v) is 7.01. The van der Waals surface area contributed by atoms with Crippen LogP contribution in [0.25, 0.3) is 0 Å². The Kier molecular flexibility index (Phi) is 5.16. The molecular weight excluding hydrogens is 270 g/mol. The topological polar surface area (TPSA) is 61.9 Å². The highest BCUT2D eigenvalue weighted by molar-refractivity contribution is 5.88. The molecule has 0 aromatic heterocycles. The number of amides is 2. The van der Waals surface area contributed by atoms with Gasteiger partial charge in [0.2, 0.25) is 5.91 Å². The SMILES string of the molecule is CC(=O)Nc1cccc(OCC(=O)N2CCN(C)CC2)c1. The van der Waals surface area contributed by atoms with Gasteiger partial charge in [0.05, 0.1) is 0 Å². The Hall–Kier alpha value is -2.08. The van der Waals surface area contributed by atoms with Crippen molar-refractivity contribution in [3.05, 3.63) is 24.3 Å². The fourth-order valence-corrected chi connectivity index (χ4v) is 2.16. The van der Waals surface area contributed by atoms with E-state index in [-0.39, 0.29) is 18.4 Å². The van der Waals surface area contributed by atoms with Crippen molar-refractivity contribution in [3.8, 4) is 5.75 Å². The zero-order valence-electron chi connectivity index (χ0n) is 12.5. The molecule has 2 amide bonds. The first-order valence-electron chi connectivity index (χ1n) is 7.01. The average Bonchev–Trinajstić information content (AvgIpc) is 2.45. The van der Waals surface area contributed by atoms with Crippen LogP contribution in [-0.2, 0) is 9.59 Å². The van der Waals surface area contributed by atoms with E-state index in [0.29, 0.717) is 11.4 Å². The molecule has 1 N–H and O–H groups in total. The smallest absolute Gasteiger partial charge is 0.260 e. The summed E-state index contributed by atoms with van der Waals surface area (Å²) in [5, 5.41) is 2.68. The van der Waals surface area contributed by atoms with Crippen LogP contribution in [0.15, 0.2) is 24.3 Å². The molecule has 0 radical (unpaired) electrons. The van der Waals surface area contributed by atoms with Gasteiger partial charge < -0.3 is 19.9 Å². The largest absolute Gasteiger partial charge is 0.484 e. The van der Waals surface area contributed by atoms with Crippen LogP contribution in [0.3, 0.4) is 0 Å². The summed E-state index contributed by atoms with van der Waals surface area (Å²) in [6.45, 7) is 4.74. The summed E-state index contributed by atoms with van der Waals surface area (Å²) in [6, 6.07) is 7.03. The summed E-state index contributed by atoms with van der Waals surface area (Å²) >= 11 is 0. The Morgan fingerprint density at radius 3 is 2.62 bits per heavy atom. The van der Waals surface area contributed by atoms with Crippen molar-refractivity contribution in [1.29, 1.82) is 0 Å². The molecule has 0 atom stereocenters. The number of ether oxygens (including phenoxy) is 1. The molecule has 21 heavy (non-hydrogen) atoms. The van der Waals surface area contributed by atoms with Gasteiger partial charge in [-0.3, -0.25) is 9.59 Å². The fourth-order valence-electron chi connectivity index (χ4n) is 2.16. The molecule has 0 unspecified atom stereocenters. The molecule has 2 rings (SSSR count). The van der Waals surface area contributed by atoms with Gasteiger partial charge in [-0.05, 0) is 19.2 Å².